The second-order valence-corrected chi connectivity index (χ2v) is 4.94. The van der Waals surface area contributed by atoms with Crippen LogP contribution in [0, 0.1) is 0 Å². The van der Waals surface area contributed by atoms with Crippen molar-refractivity contribution in [2.75, 3.05) is 5.88 Å². The molecule has 2 aromatic carbocycles. The van der Waals surface area contributed by atoms with Crippen molar-refractivity contribution >= 4 is 27.5 Å². The SMILES string of the molecule is ClCCc1ccc(-c2ccc(Br)cc2)cc1. The summed E-state index contributed by atoms with van der Waals surface area (Å²) in [6.07, 6.45) is 0.933. The summed E-state index contributed by atoms with van der Waals surface area (Å²) < 4.78 is 1.11. The van der Waals surface area contributed by atoms with E-state index in [2.05, 4.69) is 64.5 Å². The van der Waals surface area contributed by atoms with Crippen LogP contribution in [0.25, 0.3) is 11.1 Å². The number of halogens is 2. The van der Waals surface area contributed by atoms with Gasteiger partial charge in [-0.25, -0.2) is 0 Å². The van der Waals surface area contributed by atoms with Gasteiger partial charge in [0.2, 0.25) is 0 Å². The van der Waals surface area contributed by atoms with Gasteiger partial charge in [-0.3, -0.25) is 0 Å². The van der Waals surface area contributed by atoms with Gasteiger partial charge in [0.25, 0.3) is 0 Å². The molecule has 0 aliphatic rings. The molecule has 2 rings (SSSR count). The van der Waals surface area contributed by atoms with Gasteiger partial charge in [-0.2, -0.15) is 0 Å². The van der Waals surface area contributed by atoms with E-state index in [1.807, 2.05) is 0 Å². The van der Waals surface area contributed by atoms with E-state index in [0.29, 0.717) is 5.88 Å². The molecule has 0 nitrogen and oxygen atoms in total. The van der Waals surface area contributed by atoms with Crippen LogP contribution in [0.1, 0.15) is 5.56 Å². The predicted molar refractivity (Wildman–Crippen MR) is 74.0 cm³/mol. The summed E-state index contributed by atoms with van der Waals surface area (Å²) in [4.78, 5) is 0. The van der Waals surface area contributed by atoms with Crippen molar-refractivity contribution in [3.63, 3.8) is 0 Å². The first-order chi connectivity index (χ1) is 7.79. The standard InChI is InChI=1S/C14H12BrCl/c15-14-7-5-13(6-8-14)12-3-1-11(2-4-12)9-10-16/h1-8H,9-10H2. The summed E-state index contributed by atoms with van der Waals surface area (Å²) in [5, 5.41) is 0. The molecule has 0 spiro atoms. The molecule has 16 heavy (non-hydrogen) atoms. The largest absolute Gasteiger partial charge is 0.126 e. The van der Waals surface area contributed by atoms with Crippen molar-refractivity contribution in [2.24, 2.45) is 0 Å². The van der Waals surface area contributed by atoms with Crippen LogP contribution in [-0.2, 0) is 6.42 Å². The van der Waals surface area contributed by atoms with Crippen LogP contribution in [0.4, 0.5) is 0 Å². The fraction of sp³-hybridized carbons (Fsp3) is 0.143. The van der Waals surface area contributed by atoms with Gasteiger partial charge in [-0.15, -0.1) is 11.6 Å². The second-order valence-electron chi connectivity index (χ2n) is 3.64. The Morgan fingerprint density at radius 3 is 1.81 bits per heavy atom. The van der Waals surface area contributed by atoms with Gasteiger partial charge in [-0.1, -0.05) is 52.3 Å². The lowest BCUT2D eigenvalue weighted by molar-refractivity contribution is 1.15. The molecule has 0 aliphatic heterocycles. The van der Waals surface area contributed by atoms with Crippen LogP contribution in [0.15, 0.2) is 53.0 Å². The Labute approximate surface area is 109 Å². The highest BCUT2D eigenvalue weighted by molar-refractivity contribution is 9.10. The molecule has 0 aromatic heterocycles. The highest BCUT2D eigenvalue weighted by Crippen LogP contribution is 2.22. The van der Waals surface area contributed by atoms with Crippen LogP contribution in [0.2, 0.25) is 0 Å². The Bertz CT molecular complexity index is 445. The van der Waals surface area contributed by atoms with E-state index < -0.39 is 0 Å². The molecule has 2 aromatic rings. The van der Waals surface area contributed by atoms with E-state index >= 15 is 0 Å². The predicted octanol–water partition coefficient (Wildman–Crippen LogP) is 4.90. The van der Waals surface area contributed by atoms with Gasteiger partial charge in [-0.05, 0) is 35.2 Å². The number of hydrogen-bond acceptors (Lipinski definition) is 0. The first kappa shape index (κ1) is 11.7. The van der Waals surface area contributed by atoms with E-state index in [-0.39, 0.29) is 0 Å². The van der Waals surface area contributed by atoms with Gasteiger partial charge >= 0.3 is 0 Å². The highest BCUT2D eigenvalue weighted by atomic mass is 79.9. The first-order valence-corrected chi connectivity index (χ1v) is 6.53. The summed E-state index contributed by atoms with van der Waals surface area (Å²) in [5.74, 6) is 0.678. The van der Waals surface area contributed by atoms with Crippen LogP contribution < -0.4 is 0 Å². The smallest absolute Gasteiger partial charge is 0.0263 e. The normalized spacial score (nSPS) is 10.4. The number of rotatable bonds is 3. The van der Waals surface area contributed by atoms with Crippen LogP contribution in [-0.4, -0.2) is 5.88 Å². The molecule has 0 saturated carbocycles. The molecule has 0 bridgehead atoms. The van der Waals surface area contributed by atoms with E-state index in [1.165, 1.54) is 16.7 Å². The first-order valence-electron chi connectivity index (χ1n) is 5.20. The molecule has 0 atom stereocenters. The fourth-order valence-electron chi connectivity index (χ4n) is 1.62. The van der Waals surface area contributed by atoms with Crippen LogP contribution in [0.3, 0.4) is 0 Å². The third-order valence-corrected chi connectivity index (χ3v) is 3.23. The monoisotopic (exact) mass is 294 g/mol. The lowest BCUT2D eigenvalue weighted by Gasteiger charge is -2.03. The van der Waals surface area contributed by atoms with Crippen molar-refractivity contribution < 1.29 is 0 Å². The lowest BCUT2D eigenvalue weighted by atomic mass is 10.0. The number of benzene rings is 2. The van der Waals surface area contributed by atoms with E-state index in [0.717, 1.165) is 10.9 Å². The summed E-state index contributed by atoms with van der Waals surface area (Å²) in [7, 11) is 0. The van der Waals surface area contributed by atoms with Gasteiger partial charge in [0.1, 0.15) is 0 Å². The van der Waals surface area contributed by atoms with Gasteiger partial charge in [0, 0.05) is 10.4 Å². The number of aryl methyl sites for hydroxylation is 1. The quantitative estimate of drug-likeness (QED) is 0.707. The Kier molecular flexibility index (Phi) is 4.03. The molecular weight excluding hydrogens is 284 g/mol. The zero-order valence-corrected chi connectivity index (χ0v) is 11.1. The highest BCUT2D eigenvalue weighted by Gasteiger charge is 1.97. The van der Waals surface area contributed by atoms with Gasteiger partial charge in [0.05, 0.1) is 0 Å². The topological polar surface area (TPSA) is 0 Å². The average Bonchev–Trinajstić information content (AvgIpc) is 2.32. The van der Waals surface area contributed by atoms with Crippen molar-refractivity contribution in [2.45, 2.75) is 6.42 Å². The summed E-state index contributed by atoms with van der Waals surface area (Å²) >= 11 is 9.14. The summed E-state index contributed by atoms with van der Waals surface area (Å²) in [5.41, 5.74) is 3.77. The zero-order chi connectivity index (χ0) is 11.4. The maximum atomic E-state index is 5.71. The summed E-state index contributed by atoms with van der Waals surface area (Å²) in [6, 6.07) is 16.9. The fourth-order valence-corrected chi connectivity index (χ4v) is 2.10. The minimum absolute atomic E-state index is 0.678. The molecule has 0 fully saturated rings. The molecule has 0 N–H and O–H groups in total. The summed E-state index contributed by atoms with van der Waals surface area (Å²) in [6.45, 7) is 0. The number of hydrogen-bond donors (Lipinski definition) is 0. The van der Waals surface area contributed by atoms with E-state index in [4.69, 9.17) is 11.6 Å². The maximum absolute atomic E-state index is 5.71. The Morgan fingerprint density at radius 2 is 1.31 bits per heavy atom. The number of alkyl halides is 1. The molecular formula is C14H12BrCl. The second kappa shape index (κ2) is 5.51. The molecule has 0 radical (unpaired) electrons. The molecule has 0 aliphatic carbocycles. The van der Waals surface area contributed by atoms with Crippen molar-refractivity contribution in [3.05, 3.63) is 58.6 Å². The zero-order valence-electron chi connectivity index (χ0n) is 8.79. The molecule has 0 saturated heterocycles. The van der Waals surface area contributed by atoms with Crippen LogP contribution >= 0.6 is 27.5 Å². The van der Waals surface area contributed by atoms with Crippen LogP contribution in [0.5, 0.6) is 0 Å². The average molecular weight is 296 g/mol. The van der Waals surface area contributed by atoms with Gasteiger partial charge < -0.3 is 0 Å². The molecule has 2 heteroatoms. The minimum Gasteiger partial charge on any atom is -0.126 e. The van der Waals surface area contributed by atoms with Crippen molar-refractivity contribution in [3.8, 4) is 11.1 Å². The van der Waals surface area contributed by atoms with Crippen molar-refractivity contribution in [1.82, 2.24) is 0 Å². The Hall–Kier alpha value is -0.790. The molecule has 0 unspecified atom stereocenters. The molecule has 0 amide bonds. The molecule has 0 heterocycles. The third-order valence-electron chi connectivity index (χ3n) is 2.51. The van der Waals surface area contributed by atoms with E-state index in [9.17, 15) is 0 Å². The van der Waals surface area contributed by atoms with E-state index in [1.54, 1.807) is 0 Å². The maximum Gasteiger partial charge on any atom is 0.0263 e. The van der Waals surface area contributed by atoms with Crippen molar-refractivity contribution in [1.29, 1.82) is 0 Å². The third kappa shape index (κ3) is 2.87. The lowest BCUT2D eigenvalue weighted by Crippen LogP contribution is -1.85. The molecule has 82 valence electrons. The minimum atomic E-state index is 0.678. The Balaban J connectivity index is 2.24. The van der Waals surface area contributed by atoms with Gasteiger partial charge in [0.15, 0.2) is 0 Å². The Morgan fingerprint density at radius 1 is 0.812 bits per heavy atom.